The fourth-order valence-electron chi connectivity index (χ4n) is 1.98. The van der Waals surface area contributed by atoms with E-state index in [1.165, 1.54) is 12.1 Å². The third-order valence-corrected chi connectivity index (χ3v) is 4.25. The summed E-state index contributed by atoms with van der Waals surface area (Å²) < 4.78 is 5.60. The highest BCUT2D eigenvalue weighted by Crippen LogP contribution is 2.22. The minimum absolute atomic E-state index is 0.00611. The Morgan fingerprint density at radius 1 is 1.12 bits per heavy atom. The molecule has 0 aromatic heterocycles. The van der Waals surface area contributed by atoms with Crippen LogP contribution >= 0.6 is 11.8 Å². The number of nitro benzene ring substituents is 1. The quantitative estimate of drug-likeness (QED) is 0.321. The number of nitro groups is 1. The lowest BCUT2D eigenvalue weighted by Gasteiger charge is -2.07. The molecule has 7 heteroatoms. The second kappa shape index (κ2) is 8.93. The third-order valence-electron chi connectivity index (χ3n) is 3.15. The molecule has 0 amide bonds. The number of hydrogen-bond donors (Lipinski definition) is 1. The van der Waals surface area contributed by atoms with E-state index in [1.54, 1.807) is 48.2 Å². The lowest BCUT2D eigenvalue weighted by atomic mass is 10.1. The van der Waals surface area contributed by atoms with Gasteiger partial charge >= 0.3 is 5.97 Å². The predicted octanol–water partition coefficient (Wildman–Crippen LogP) is 3.78. The van der Waals surface area contributed by atoms with Gasteiger partial charge in [0.2, 0.25) is 0 Å². The molecule has 0 heterocycles. The molecule has 2 aromatic rings. The molecule has 24 heavy (non-hydrogen) atoms. The second-order valence-electron chi connectivity index (χ2n) is 5.02. The van der Waals surface area contributed by atoms with Gasteiger partial charge in [0.1, 0.15) is 5.75 Å². The molecule has 1 N–H and O–H groups in total. The molecule has 0 aliphatic heterocycles. The fraction of sp³-hybridized carbons (Fsp3) is 0.235. The predicted molar refractivity (Wildman–Crippen MR) is 91.7 cm³/mol. The summed E-state index contributed by atoms with van der Waals surface area (Å²) in [5.74, 6) is 0.700. The Balaban J connectivity index is 1.67. The number of nitrogens with zero attached hydrogens (tertiary/aromatic N) is 1. The van der Waals surface area contributed by atoms with Crippen LogP contribution in [0.3, 0.4) is 0 Å². The fourth-order valence-corrected chi connectivity index (χ4v) is 2.81. The summed E-state index contributed by atoms with van der Waals surface area (Å²) in [6.45, 7) is 0.554. The van der Waals surface area contributed by atoms with Gasteiger partial charge in [-0.25, -0.2) is 0 Å². The summed E-state index contributed by atoms with van der Waals surface area (Å²) in [6, 6.07) is 13.5. The van der Waals surface area contributed by atoms with E-state index in [4.69, 9.17) is 9.84 Å². The maximum Gasteiger partial charge on any atom is 0.307 e. The SMILES string of the molecule is O=C(O)Cc1ccc(OCCCSc2ccc([N+](=O)[O-])cc2)cc1. The molecule has 0 saturated carbocycles. The van der Waals surface area contributed by atoms with Crippen LogP contribution in [-0.4, -0.2) is 28.4 Å². The minimum atomic E-state index is -0.855. The Labute approximate surface area is 143 Å². The van der Waals surface area contributed by atoms with Gasteiger partial charge in [0.25, 0.3) is 5.69 Å². The average Bonchev–Trinajstić information content (AvgIpc) is 2.56. The van der Waals surface area contributed by atoms with Crippen molar-refractivity contribution in [3.8, 4) is 5.75 Å². The number of benzene rings is 2. The molecule has 2 rings (SSSR count). The van der Waals surface area contributed by atoms with E-state index in [0.29, 0.717) is 12.4 Å². The molecule has 0 radical (unpaired) electrons. The number of hydrogen-bond acceptors (Lipinski definition) is 5. The Hall–Kier alpha value is -2.54. The molecule has 126 valence electrons. The molecule has 2 aromatic carbocycles. The number of carboxylic acids is 1. The number of carbonyl (C=O) groups is 1. The van der Waals surface area contributed by atoms with Gasteiger partial charge in [0, 0.05) is 22.8 Å². The lowest BCUT2D eigenvalue weighted by molar-refractivity contribution is -0.384. The zero-order valence-electron chi connectivity index (χ0n) is 12.9. The van der Waals surface area contributed by atoms with E-state index in [2.05, 4.69) is 0 Å². The van der Waals surface area contributed by atoms with Gasteiger partial charge in [-0.1, -0.05) is 12.1 Å². The van der Waals surface area contributed by atoms with E-state index >= 15 is 0 Å². The van der Waals surface area contributed by atoms with E-state index in [-0.39, 0.29) is 12.1 Å². The monoisotopic (exact) mass is 347 g/mol. The van der Waals surface area contributed by atoms with Crippen molar-refractivity contribution in [3.63, 3.8) is 0 Å². The van der Waals surface area contributed by atoms with Crippen LogP contribution in [0.5, 0.6) is 5.75 Å². The lowest BCUT2D eigenvalue weighted by Crippen LogP contribution is -2.01. The summed E-state index contributed by atoms with van der Waals surface area (Å²) in [6.07, 6.45) is 0.838. The maximum absolute atomic E-state index is 10.6. The van der Waals surface area contributed by atoms with Crippen molar-refractivity contribution in [2.75, 3.05) is 12.4 Å². The first-order chi connectivity index (χ1) is 11.5. The maximum atomic E-state index is 10.6. The molecule has 0 saturated heterocycles. The van der Waals surface area contributed by atoms with Crippen LogP contribution in [0.4, 0.5) is 5.69 Å². The topological polar surface area (TPSA) is 89.7 Å². The van der Waals surface area contributed by atoms with Crippen molar-refractivity contribution in [2.24, 2.45) is 0 Å². The first-order valence-corrected chi connectivity index (χ1v) is 8.34. The molecule has 0 unspecified atom stereocenters. The minimum Gasteiger partial charge on any atom is -0.494 e. The molecule has 0 atom stereocenters. The van der Waals surface area contributed by atoms with Gasteiger partial charge in [0.05, 0.1) is 18.0 Å². The standard InChI is InChI=1S/C17H17NO5S/c19-17(20)12-13-2-6-15(7-3-13)23-10-1-11-24-16-8-4-14(5-9-16)18(21)22/h2-9H,1,10-12H2,(H,19,20). The number of thioether (sulfide) groups is 1. The van der Waals surface area contributed by atoms with Crippen LogP contribution in [0, 0.1) is 10.1 Å². The van der Waals surface area contributed by atoms with Crippen molar-refractivity contribution in [1.82, 2.24) is 0 Å². The van der Waals surface area contributed by atoms with Crippen molar-refractivity contribution in [2.45, 2.75) is 17.7 Å². The number of non-ortho nitro benzene ring substituents is 1. The van der Waals surface area contributed by atoms with Crippen LogP contribution in [0.2, 0.25) is 0 Å². The number of ether oxygens (including phenoxy) is 1. The molecule has 0 aliphatic rings. The summed E-state index contributed by atoms with van der Waals surface area (Å²) in [5, 5.41) is 19.3. The van der Waals surface area contributed by atoms with Crippen LogP contribution in [0.15, 0.2) is 53.4 Å². The average molecular weight is 347 g/mol. The van der Waals surface area contributed by atoms with E-state index < -0.39 is 10.9 Å². The van der Waals surface area contributed by atoms with E-state index in [9.17, 15) is 14.9 Å². The highest BCUT2D eigenvalue weighted by molar-refractivity contribution is 7.99. The molecule has 6 nitrogen and oxygen atoms in total. The van der Waals surface area contributed by atoms with Gasteiger partial charge in [-0.15, -0.1) is 11.8 Å². The summed E-state index contributed by atoms with van der Waals surface area (Å²) in [5.41, 5.74) is 0.831. The summed E-state index contributed by atoms with van der Waals surface area (Å²) in [4.78, 5) is 21.7. The van der Waals surface area contributed by atoms with E-state index in [1.807, 2.05) is 0 Å². The Morgan fingerprint density at radius 3 is 2.38 bits per heavy atom. The number of aliphatic carboxylic acids is 1. The number of rotatable bonds is 9. The van der Waals surface area contributed by atoms with Crippen LogP contribution in [0.1, 0.15) is 12.0 Å². The van der Waals surface area contributed by atoms with Gasteiger partial charge in [-0.3, -0.25) is 14.9 Å². The Bertz CT molecular complexity index is 685. The largest absolute Gasteiger partial charge is 0.494 e. The Morgan fingerprint density at radius 2 is 1.79 bits per heavy atom. The highest BCUT2D eigenvalue weighted by Gasteiger charge is 2.04. The number of carboxylic acid groups (broad SMARTS) is 1. The Kier molecular flexibility index (Phi) is 6.62. The van der Waals surface area contributed by atoms with Gasteiger partial charge in [-0.2, -0.15) is 0 Å². The van der Waals surface area contributed by atoms with Gasteiger partial charge in [-0.05, 0) is 36.2 Å². The molecule has 0 bridgehead atoms. The van der Waals surface area contributed by atoms with Crippen LogP contribution in [0.25, 0.3) is 0 Å². The van der Waals surface area contributed by atoms with E-state index in [0.717, 1.165) is 22.6 Å². The summed E-state index contributed by atoms with van der Waals surface area (Å²) in [7, 11) is 0. The van der Waals surface area contributed by atoms with Crippen LogP contribution < -0.4 is 4.74 Å². The van der Waals surface area contributed by atoms with Crippen molar-refractivity contribution in [1.29, 1.82) is 0 Å². The normalized spacial score (nSPS) is 10.3. The second-order valence-corrected chi connectivity index (χ2v) is 6.18. The zero-order chi connectivity index (χ0) is 17.4. The molecule has 0 fully saturated rings. The molecule has 0 aliphatic carbocycles. The van der Waals surface area contributed by atoms with Gasteiger partial charge < -0.3 is 9.84 Å². The first-order valence-electron chi connectivity index (χ1n) is 7.35. The van der Waals surface area contributed by atoms with Gasteiger partial charge in [0.15, 0.2) is 0 Å². The smallest absolute Gasteiger partial charge is 0.307 e. The van der Waals surface area contributed by atoms with Crippen molar-refractivity contribution in [3.05, 3.63) is 64.2 Å². The molecular weight excluding hydrogens is 330 g/mol. The summed E-state index contributed by atoms with van der Waals surface area (Å²) >= 11 is 1.62. The van der Waals surface area contributed by atoms with Crippen molar-refractivity contribution < 1.29 is 19.6 Å². The highest BCUT2D eigenvalue weighted by atomic mass is 32.2. The van der Waals surface area contributed by atoms with Crippen molar-refractivity contribution >= 4 is 23.4 Å². The first kappa shape index (κ1) is 17.8. The molecular formula is C17H17NO5S. The van der Waals surface area contributed by atoms with Crippen LogP contribution in [-0.2, 0) is 11.2 Å². The molecule has 0 spiro atoms. The third kappa shape index (κ3) is 5.92. The zero-order valence-corrected chi connectivity index (χ0v) is 13.7.